The molecule has 7 nitrogen and oxygen atoms in total. The van der Waals surface area contributed by atoms with Crippen molar-refractivity contribution in [3.05, 3.63) is 53.2 Å². The van der Waals surface area contributed by atoms with Crippen molar-refractivity contribution in [2.75, 3.05) is 33.7 Å². The third-order valence-electron chi connectivity index (χ3n) is 5.62. The Morgan fingerprint density at radius 1 is 1.21 bits per heavy atom. The van der Waals surface area contributed by atoms with Gasteiger partial charge in [0.15, 0.2) is 5.69 Å². The number of nitrogens with zero attached hydrogens (tertiary/aromatic N) is 4. The van der Waals surface area contributed by atoms with E-state index in [1.165, 1.54) is 17.0 Å². The minimum atomic E-state index is -0.331. The molecule has 0 saturated carbocycles. The van der Waals surface area contributed by atoms with Gasteiger partial charge in [0, 0.05) is 51.6 Å². The molecule has 2 fully saturated rings. The van der Waals surface area contributed by atoms with Gasteiger partial charge >= 0.3 is 6.03 Å². The summed E-state index contributed by atoms with van der Waals surface area (Å²) in [5, 5.41) is 3.82. The van der Waals surface area contributed by atoms with E-state index in [1.807, 2.05) is 6.07 Å². The van der Waals surface area contributed by atoms with Crippen molar-refractivity contribution >= 4 is 11.9 Å². The van der Waals surface area contributed by atoms with Gasteiger partial charge in [-0.25, -0.2) is 9.18 Å². The molecule has 28 heavy (non-hydrogen) atoms. The quantitative estimate of drug-likeness (QED) is 0.795. The smallest absolute Gasteiger partial charge is 0.320 e. The molecule has 0 N–H and O–H groups in total. The van der Waals surface area contributed by atoms with Crippen LogP contribution in [0.4, 0.5) is 9.18 Å². The maximum atomic E-state index is 13.9. The van der Waals surface area contributed by atoms with Gasteiger partial charge in [-0.1, -0.05) is 17.3 Å². The van der Waals surface area contributed by atoms with Gasteiger partial charge in [-0.05, 0) is 24.6 Å². The summed E-state index contributed by atoms with van der Waals surface area (Å²) in [5.74, 6) is 0.261. The van der Waals surface area contributed by atoms with Crippen molar-refractivity contribution < 1.29 is 18.5 Å². The van der Waals surface area contributed by atoms with Crippen LogP contribution in [0.25, 0.3) is 0 Å². The first kappa shape index (κ1) is 18.5. The highest BCUT2D eigenvalue weighted by molar-refractivity contribution is 5.92. The monoisotopic (exact) mass is 386 g/mol. The van der Waals surface area contributed by atoms with Crippen molar-refractivity contribution in [1.29, 1.82) is 0 Å². The Morgan fingerprint density at radius 2 is 2.00 bits per heavy atom. The molecule has 2 aliphatic heterocycles. The van der Waals surface area contributed by atoms with Gasteiger partial charge in [-0.3, -0.25) is 4.79 Å². The molecule has 8 heteroatoms. The molecule has 0 unspecified atom stereocenters. The van der Waals surface area contributed by atoms with Crippen molar-refractivity contribution in [2.24, 2.45) is 11.8 Å². The van der Waals surface area contributed by atoms with Gasteiger partial charge in [-0.15, -0.1) is 0 Å². The number of carbonyl (C=O) groups is 2. The largest absolute Gasteiger partial charge is 0.361 e. The van der Waals surface area contributed by atoms with E-state index in [1.54, 1.807) is 43.0 Å². The summed E-state index contributed by atoms with van der Waals surface area (Å²) in [4.78, 5) is 30.6. The number of amides is 3. The SMILES string of the molecule is Cc1cc(C(=O)N2C[C@@H]3CN(C(=O)N(C)C)[C@@H](c4cccc(F)c4)[C@@H]3C2)no1. The highest BCUT2D eigenvalue weighted by Gasteiger charge is 2.50. The second kappa shape index (κ2) is 6.92. The van der Waals surface area contributed by atoms with E-state index in [0.717, 1.165) is 5.56 Å². The molecule has 2 aromatic rings. The predicted octanol–water partition coefficient (Wildman–Crippen LogP) is 2.55. The number of aryl methyl sites for hydroxylation is 1. The first-order valence-corrected chi connectivity index (χ1v) is 9.31. The molecule has 1 aromatic heterocycles. The lowest BCUT2D eigenvalue weighted by Crippen LogP contribution is -2.42. The molecule has 0 spiro atoms. The Morgan fingerprint density at radius 3 is 2.64 bits per heavy atom. The second-order valence-corrected chi connectivity index (χ2v) is 7.79. The number of aromatic nitrogens is 1. The molecule has 148 valence electrons. The third-order valence-corrected chi connectivity index (χ3v) is 5.62. The van der Waals surface area contributed by atoms with Crippen molar-refractivity contribution in [3.63, 3.8) is 0 Å². The van der Waals surface area contributed by atoms with Crippen LogP contribution in [0.15, 0.2) is 34.9 Å². The molecule has 3 amide bonds. The summed E-state index contributed by atoms with van der Waals surface area (Å²) >= 11 is 0. The van der Waals surface area contributed by atoms with Crippen LogP contribution in [0.2, 0.25) is 0 Å². The summed E-state index contributed by atoms with van der Waals surface area (Å²) < 4.78 is 18.9. The van der Waals surface area contributed by atoms with Crippen LogP contribution in [0, 0.1) is 24.6 Å². The van der Waals surface area contributed by atoms with Gasteiger partial charge in [0.05, 0.1) is 6.04 Å². The fourth-order valence-corrected chi connectivity index (χ4v) is 4.41. The van der Waals surface area contributed by atoms with E-state index in [-0.39, 0.29) is 35.6 Å². The lowest BCUT2D eigenvalue weighted by Gasteiger charge is -2.31. The van der Waals surface area contributed by atoms with Gasteiger partial charge in [0.1, 0.15) is 11.6 Å². The van der Waals surface area contributed by atoms with E-state index < -0.39 is 0 Å². The van der Waals surface area contributed by atoms with Crippen molar-refractivity contribution in [2.45, 2.75) is 13.0 Å². The molecular formula is C20H23FN4O3. The van der Waals surface area contributed by atoms with Gasteiger partial charge in [-0.2, -0.15) is 0 Å². The summed E-state index contributed by atoms with van der Waals surface area (Å²) in [6.45, 7) is 3.31. The van der Waals surface area contributed by atoms with E-state index in [0.29, 0.717) is 31.1 Å². The molecule has 3 heterocycles. The van der Waals surface area contributed by atoms with Crippen LogP contribution in [0.3, 0.4) is 0 Å². The number of urea groups is 1. The number of rotatable bonds is 2. The number of halogens is 1. The highest BCUT2D eigenvalue weighted by atomic mass is 19.1. The lowest BCUT2D eigenvalue weighted by molar-refractivity contribution is 0.0756. The fourth-order valence-electron chi connectivity index (χ4n) is 4.41. The topological polar surface area (TPSA) is 69.9 Å². The van der Waals surface area contributed by atoms with E-state index in [4.69, 9.17) is 4.52 Å². The Labute approximate surface area is 162 Å². The van der Waals surface area contributed by atoms with Gasteiger partial charge < -0.3 is 19.2 Å². The minimum Gasteiger partial charge on any atom is -0.361 e. The summed E-state index contributed by atoms with van der Waals surface area (Å²) in [5.41, 5.74) is 1.05. The summed E-state index contributed by atoms with van der Waals surface area (Å²) in [7, 11) is 3.42. The summed E-state index contributed by atoms with van der Waals surface area (Å²) in [6.07, 6.45) is 0. The third kappa shape index (κ3) is 3.12. The van der Waals surface area contributed by atoms with E-state index in [9.17, 15) is 14.0 Å². The summed E-state index contributed by atoms with van der Waals surface area (Å²) in [6, 6.07) is 7.63. The second-order valence-electron chi connectivity index (χ2n) is 7.79. The number of fused-ring (bicyclic) bond motifs is 1. The molecular weight excluding hydrogens is 363 g/mol. The Kier molecular flexibility index (Phi) is 4.56. The fraction of sp³-hybridized carbons (Fsp3) is 0.450. The minimum absolute atomic E-state index is 0.0441. The molecule has 2 saturated heterocycles. The first-order chi connectivity index (χ1) is 13.3. The van der Waals surface area contributed by atoms with E-state index >= 15 is 0 Å². The maximum Gasteiger partial charge on any atom is 0.320 e. The molecule has 0 aliphatic carbocycles. The predicted molar refractivity (Wildman–Crippen MR) is 99.1 cm³/mol. The van der Waals surface area contributed by atoms with Crippen LogP contribution in [-0.4, -0.2) is 65.5 Å². The van der Waals surface area contributed by atoms with E-state index in [2.05, 4.69) is 5.16 Å². The number of likely N-dealkylation sites (tertiary alicyclic amines) is 2. The zero-order valence-electron chi connectivity index (χ0n) is 16.1. The van der Waals surface area contributed by atoms with Gasteiger partial charge in [0.25, 0.3) is 5.91 Å². The molecule has 1 aromatic carbocycles. The van der Waals surface area contributed by atoms with Crippen LogP contribution in [0.1, 0.15) is 27.9 Å². The van der Waals surface area contributed by atoms with Crippen molar-refractivity contribution in [3.8, 4) is 0 Å². The van der Waals surface area contributed by atoms with Crippen LogP contribution in [0.5, 0.6) is 0 Å². The number of carbonyl (C=O) groups excluding carboxylic acids is 2. The van der Waals surface area contributed by atoms with Crippen LogP contribution in [-0.2, 0) is 0 Å². The molecule has 3 atom stereocenters. The average Bonchev–Trinajstić information content (AvgIpc) is 3.34. The zero-order chi connectivity index (χ0) is 20.0. The normalized spacial score (nSPS) is 23.8. The Bertz CT molecular complexity index is 912. The molecule has 0 bridgehead atoms. The maximum absolute atomic E-state index is 13.9. The average molecular weight is 386 g/mol. The Hall–Kier alpha value is -2.90. The molecule has 2 aliphatic rings. The zero-order valence-corrected chi connectivity index (χ0v) is 16.1. The van der Waals surface area contributed by atoms with Crippen LogP contribution < -0.4 is 0 Å². The lowest BCUT2D eigenvalue weighted by atomic mass is 9.89. The molecule has 0 radical (unpaired) electrons. The number of hydrogen-bond donors (Lipinski definition) is 0. The standard InChI is InChI=1S/C20H23FN4O3/c1-12-7-17(22-28-12)19(26)24-9-14-10-25(20(27)23(2)3)18(16(14)11-24)13-5-4-6-15(21)8-13/h4-8,14,16,18H,9-11H2,1-3H3/t14-,16-,18+/m1/s1. The van der Waals surface area contributed by atoms with Crippen LogP contribution >= 0.6 is 0 Å². The number of benzene rings is 1. The molecule has 4 rings (SSSR count). The highest BCUT2D eigenvalue weighted by Crippen LogP contribution is 2.45. The first-order valence-electron chi connectivity index (χ1n) is 9.31. The van der Waals surface area contributed by atoms with Gasteiger partial charge in [0.2, 0.25) is 0 Å². The van der Waals surface area contributed by atoms with Crippen molar-refractivity contribution in [1.82, 2.24) is 19.9 Å². The Balaban J connectivity index is 1.62. The number of hydrogen-bond acceptors (Lipinski definition) is 4.